The van der Waals surface area contributed by atoms with E-state index in [9.17, 15) is 5.11 Å². The van der Waals surface area contributed by atoms with Gasteiger partial charge in [0, 0.05) is 10.8 Å². The topological polar surface area (TPSA) is 42.0 Å². The van der Waals surface area contributed by atoms with Gasteiger partial charge in [0.1, 0.15) is 11.7 Å². The number of fused-ring (bicyclic) bond motifs is 2. The first-order chi connectivity index (χ1) is 8.43. The number of ether oxygens (including phenoxy) is 2. The molecule has 2 bridgehead atoms. The number of aliphatic hydroxyl groups is 1. The van der Waals surface area contributed by atoms with E-state index in [1.54, 1.807) is 0 Å². The minimum atomic E-state index is -0.367. The summed E-state index contributed by atoms with van der Waals surface area (Å²) in [6.45, 7) is 7.59. The van der Waals surface area contributed by atoms with Crippen molar-refractivity contribution in [2.45, 2.75) is 63.9 Å². The molecule has 0 aromatic carbocycles. The van der Waals surface area contributed by atoms with Gasteiger partial charge in [0.15, 0.2) is 0 Å². The molecule has 0 amide bonds. The molecule has 4 rings (SSSR count). The van der Waals surface area contributed by atoms with Crippen LogP contribution < -0.4 is 0 Å². The molecule has 4 unspecified atom stereocenters. The Labute approximate surface area is 108 Å². The molecule has 3 nitrogen and oxygen atoms in total. The van der Waals surface area contributed by atoms with E-state index in [-0.39, 0.29) is 34.7 Å². The van der Waals surface area contributed by atoms with E-state index in [1.807, 2.05) is 0 Å². The van der Waals surface area contributed by atoms with E-state index in [0.29, 0.717) is 0 Å². The first kappa shape index (κ1) is 11.4. The molecule has 2 saturated heterocycles. The van der Waals surface area contributed by atoms with Gasteiger partial charge in [-0.2, -0.15) is 0 Å². The molecule has 0 aromatic rings. The molecule has 3 fully saturated rings. The summed E-state index contributed by atoms with van der Waals surface area (Å²) in [5.41, 5.74) is 1.36. The van der Waals surface area contributed by atoms with Crippen molar-refractivity contribution in [2.24, 2.45) is 10.8 Å². The van der Waals surface area contributed by atoms with Crippen LogP contribution in [0.1, 0.15) is 40.0 Å². The van der Waals surface area contributed by atoms with Gasteiger partial charge in [-0.25, -0.2) is 0 Å². The molecule has 3 heteroatoms. The fourth-order valence-electron chi connectivity index (χ4n) is 4.86. The van der Waals surface area contributed by atoms with Crippen molar-refractivity contribution in [1.82, 2.24) is 0 Å². The van der Waals surface area contributed by atoms with Gasteiger partial charge in [-0.3, -0.25) is 0 Å². The Balaban J connectivity index is 1.86. The third kappa shape index (κ3) is 1.01. The minimum absolute atomic E-state index is 0.0458. The second kappa shape index (κ2) is 3.02. The van der Waals surface area contributed by atoms with Gasteiger partial charge in [-0.05, 0) is 26.2 Å². The summed E-state index contributed by atoms with van der Waals surface area (Å²) in [7, 11) is 0. The zero-order valence-electron chi connectivity index (χ0n) is 11.4. The van der Waals surface area contributed by atoms with Crippen molar-refractivity contribution >= 4 is 0 Å². The van der Waals surface area contributed by atoms with Crippen LogP contribution in [0.2, 0.25) is 0 Å². The average Bonchev–Trinajstić information content (AvgIpc) is 3.06. The number of epoxide rings is 1. The highest BCUT2D eigenvalue weighted by molar-refractivity contribution is 5.31. The molecule has 1 saturated carbocycles. The lowest BCUT2D eigenvalue weighted by atomic mass is 9.53. The Bertz CT molecular complexity index is 439. The van der Waals surface area contributed by atoms with Crippen LogP contribution >= 0.6 is 0 Å². The van der Waals surface area contributed by atoms with E-state index in [1.165, 1.54) is 5.57 Å². The van der Waals surface area contributed by atoms with E-state index in [0.717, 1.165) is 25.9 Å². The molecule has 0 aromatic heterocycles. The van der Waals surface area contributed by atoms with E-state index >= 15 is 0 Å². The summed E-state index contributed by atoms with van der Waals surface area (Å²) in [5, 5.41) is 10.3. The highest BCUT2D eigenvalue weighted by Crippen LogP contribution is 2.71. The summed E-state index contributed by atoms with van der Waals surface area (Å²) in [6, 6.07) is 0. The van der Waals surface area contributed by atoms with Crippen molar-refractivity contribution in [1.29, 1.82) is 0 Å². The number of aliphatic hydroxyl groups excluding tert-OH is 1. The lowest BCUT2D eigenvalue weighted by Gasteiger charge is -2.56. The fraction of sp³-hybridized carbons (Fsp3) is 0.867. The first-order valence-corrected chi connectivity index (χ1v) is 7.08. The van der Waals surface area contributed by atoms with Gasteiger partial charge in [-0.15, -0.1) is 0 Å². The van der Waals surface area contributed by atoms with Crippen LogP contribution in [-0.4, -0.2) is 35.6 Å². The molecule has 1 spiro atoms. The first-order valence-electron chi connectivity index (χ1n) is 7.08. The van der Waals surface area contributed by atoms with Crippen LogP contribution in [0.5, 0.6) is 0 Å². The van der Waals surface area contributed by atoms with E-state index in [2.05, 4.69) is 26.8 Å². The molecule has 4 aliphatic rings. The summed E-state index contributed by atoms with van der Waals surface area (Å²) in [6.07, 6.45) is 5.04. The SMILES string of the molecule is CC1=CC2OC3C(O)C[C@@](C)(C34CO4)[C@@]2(C)CC1. The van der Waals surface area contributed by atoms with Crippen LogP contribution in [0.3, 0.4) is 0 Å². The fourth-order valence-corrected chi connectivity index (χ4v) is 4.86. The van der Waals surface area contributed by atoms with Crippen molar-refractivity contribution in [3.05, 3.63) is 11.6 Å². The maximum Gasteiger partial charge on any atom is 0.126 e. The standard InChI is InChI=1S/C15H22O3/c1-9-4-5-13(2)11(6-9)18-12-10(16)7-14(13,3)15(12)8-17-15/h6,10-12,16H,4-5,7-8H2,1-3H3/t10?,11?,12?,13-,14+,15?/m0/s1. The molecule has 0 radical (unpaired) electrons. The number of hydrogen-bond donors (Lipinski definition) is 1. The second-order valence-corrected chi connectivity index (χ2v) is 7.19. The summed E-state index contributed by atoms with van der Waals surface area (Å²) in [5.74, 6) is 0. The van der Waals surface area contributed by atoms with Crippen LogP contribution in [-0.2, 0) is 9.47 Å². The monoisotopic (exact) mass is 250 g/mol. The quantitative estimate of drug-likeness (QED) is 0.528. The molecule has 18 heavy (non-hydrogen) atoms. The predicted molar refractivity (Wildman–Crippen MR) is 67.2 cm³/mol. The van der Waals surface area contributed by atoms with Gasteiger partial charge < -0.3 is 14.6 Å². The second-order valence-electron chi connectivity index (χ2n) is 7.19. The third-order valence-corrected chi connectivity index (χ3v) is 6.47. The molecule has 2 aliphatic heterocycles. The largest absolute Gasteiger partial charge is 0.390 e. The summed E-state index contributed by atoms with van der Waals surface area (Å²) in [4.78, 5) is 0. The lowest BCUT2D eigenvalue weighted by molar-refractivity contribution is -0.197. The number of allylic oxidation sites excluding steroid dienone is 1. The maximum absolute atomic E-state index is 10.3. The van der Waals surface area contributed by atoms with Crippen molar-refractivity contribution in [2.75, 3.05) is 6.61 Å². The molecule has 6 atom stereocenters. The van der Waals surface area contributed by atoms with Gasteiger partial charge >= 0.3 is 0 Å². The highest BCUT2D eigenvalue weighted by Gasteiger charge is 2.79. The molecular formula is C15H22O3. The number of rotatable bonds is 0. The average molecular weight is 250 g/mol. The Morgan fingerprint density at radius 2 is 2.11 bits per heavy atom. The van der Waals surface area contributed by atoms with Crippen molar-refractivity contribution in [3.8, 4) is 0 Å². The predicted octanol–water partition coefficient (Wildman–Crippen LogP) is 2.04. The van der Waals surface area contributed by atoms with Crippen molar-refractivity contribution in [3.63, 3.8) is 0 Å². The van der Waals surface area contributed by atoms with Gasteiger partial charge in [0.2, 0.25) is 0 Å². The van der Waals surface area contributed by atoms with Crippen LogP contribution in [0.4, 0.5) is 0 Å². The highest BCUT2D eigenvalue weighted by atomic mass is 16.6. The third-order valence-electron chi connectivity index (χ3n) is 6.47. The van der Waals surface area contributed by atoms with Crippen LogP contribution in [0.25, 0.3) is 0 Å². The van der Waals surface area contributed by atoms with E-state index < -0.39 is 0 Å². The number of hydrogen-bond acceptors (Lipinski definition) is 3. The molecule has 1 N–H and O–H groups in total. The Kier molecular flexibility index (Phi) is 1.92. The Hall–Kier alpha value is -0.380. The lowest BCUT2D eigenvalue weighted by Crippen LogP contribution is -2.61. The maximum atomic E-state index is 10.3. The summed E-state index contributed by atoms with van der Waals surface area (Å²) < 4.78 is 12.1. The van der Waals surface area contributed by atoms with Gasteiger partial charge in [0.25, 0.3) is 0 Å². The van der Waals surface area contributed by atoms with Crippen LogP contribution in [0, 0.1) is 10.8 Å². The molecular weight excluding hydrogens is 228 g/mol. The van der Waals surface area contributed by atoms with E-state index in [4.69, 9.17) is 9.47 Å². The Morgan fingerprint density at radius 1 is 1.39 bits per heavy atom. The molecule has 100 valence electrons. The van der Waals surface area contributed by atoms with Crippen LogP contribution in [0.15, 0.2) is 11.6 Å². The molecule has 2 heterocycles. The van der Waals surface area contributed by atoms with Gasteiger partial charge in [0.05, 0.1) is 18.8 Å². The zero-order valence-corrected chi connectivity index (χ0v) is 11.4. The minimum Gasteiger partial charge on any atom is -0.390 e. The smallest absolute Gasteiger partial charge is 0.126 e. The summed E-state index contributed by atoms with van der Waals surface area (Å²) >= 11 is 0. The molecule has 2 aliphatic carbocycles. The Morgan fingerprint density at radius 3 is 2.78 bits per heavy atom. The van der Waals surface area contributed by atoms with Gasteiger partial charge in [-0.1, -0.05) is 25.5 Å². The normalized spacial score (nSPS) is 61.6. The zero-order chi connectivity index (χ0) is 12.8. The van der Waals surface area contributed by atoms with Crippen molar-refractivity contribution < 1.29 is 14.6 Å².